The second-order valence-corrected chi connectivity index (χ2v) is 7.08. The lowest BCUT2D eigenvalue weighted by molar-refractivity contribution is -0.121. The van der Waals surface area contributed by atoms with E-state index in [4.69, 9.17) is 5.73 Å². The van der Waals surface area contributed by atoms with E-state index in [9.17, 15) is 14.7 Å². The highest BCUT2D eigenvalue weighted by molar-refractivity contribution is 6.09. The van der Waals surface area contributed by atoms with Crippen molar-refractivity contribution in [2.24, 2.45) is 11.7 Å². The van der Waals surface area contributed by atoms with E-state index in [1.165, 1.54) is 0 Å². The standard InChI is InChI=1S/C22H22N4O3/c23-22(29)15-12-17-19(18(28)13-15)20(25-16-4-2-1-3-5-16)21(26(17)10-11-27)14-6-8-24-9-7-14/h1-9,15,25,27H,10-13H2,(H2,23,29). The van der Waals surface area contributed by atoms with Gasteiger partial charge in [0.1, 0.15) is 0 Å². The number of carbonyl (C=O) groups is 2. The van der Waals surface area contributed by atoms with Crippen molar-refractivity contribution in [3.63, 3.8) is 0 Å². The number of aliphatic hydroxyl groups is 1. The molecular weight excluding hydrogens is 368 g/mol. The molecule has 3 aromatic rings. The SMILES string of the molecule is NC(=O)C1CC(=O)c2c(Nc3ccccc3)c(-c3ccncc3)n(CCO)c2C1. The lowest BCUT2D eigenvalue weighted by atomic mass is 9.85. The van der Waals surface area contributed by atoms with Crippen LogP contribution in [0.4, 0.5) is 11.4 Å². The molecule has 0 saturated heterocycles. The van der Waals surface area contributed by atoms with Crippen LogP contribution in [0.15, 0.2) is 54.9 Å². The molecule has 1 unspecified atom stereocenters. The molecule has 0 bridgehead atoms. The molecule has 7 heteroatoms. The maximum atomic E-state index is 13.1. The summed E-state index contributed by atoms with van der Waals surface area (Å²) in [5.74, 6) is -1.15. The molecule has 2 heterocycles. The number of ketones is 1. The number of nitrogens with zero attached hydrogens (tertiary/aromatic N) is 2. The van der Waals surface area contributed by atoms with Crippen molar-refractivity contribution in [3.8, 4) is 11.3 Å². The molecule has 7 nitrogen and oxygen atoms in total. The molecular formula is C22H22N4O3. The van der Waals surface area contributed by atoms with Crippen LogP contribution in [-0.4, -0.2) is 33.0 Å². The molecule has 0 saturated carbocycles. The molecule has 1 amide bonds. The number of hydrogen-bond acceptors (Lipinski definition) is 5. The number of aromatic nitrogens is 2. The van der Waals surface area contributed by atoms with Gasteiger partial charge in [-0.25, -0.2) is 0 Å². The number of benzene rings is 1. The normalized spacial score (nSPS) is 15.8. The molecule has 4 N–H and O–H groups in total. The van der Waals surface area contributed by atoms with Gasteiger partial charge in [0.25, 0.3) is 0 Å². The Labute approximate surface area is 168 Å². The van der Waals surface area contributed by atoms with Crippen molar-refractivity contribution in [2.45, 2.75) is 19.4 Å². The number of nitrogens with one attached hydrogen (secondary N) is 1. The van der Waals surface area contributed by atoms with Gasteiger partial charge >= 0.3 is 0 Å². The maximum Gasteiger partial charge on any atom is 0.221 e. The molecule has 1 aliphatic carbocycles. The van der Waals surface area contributed by atoms with Gasteiger partial charge in [0.05, 0.1) is 29.5 Å². The third kappa shape index (κ3) is 3.52. The minimum Gasteiger partial charge on any atom is -0.395 e. The van der Waals surface area contributed by atoms with Crippen LogP contribution in [0.1, 0.15) is 22.5 Å². The summed E-state index contributed by atoms with van der Waals surface area (Å²) in [6, 6.07) is 13.3. The van der Waals surface area contributed by atoms with Crippen LogP contribution in [0.25, 0.3) is 11.3 Å². The zero-order valence-corrected chi connectivity index (χ0v) is 15.8. The summed E-state index contributed by atoms with van der Waals surface area (Å²) in [6.45, 7) is 0.203. The highest BCUT2D eigenvalue weighted by atomic mass is 16.3. The fourth-order valence-electron chi connectivity index (χ4n) is 3.96. The molecule has 0 aliphatic heterocycles. The van der Waals surface area contributed by atoms with Gasteiger partial charge in [0, 0.05) is 48.7 Å². The van der Waals surface area contributed by atoms with Crippen LogP contribution in [0, 0.1) is 5.92 Å². The van der Waals surface area contributed by atoms with E-state index < -0.39 is 11.8 Å². The number of nitrogens with two attached hydrogens (primary N) is 1. The Morgan fingerprint density at radius 3 is 2.55 bits per heavy atom. The average Bonchev–Trinajstić information content (AvgIpc) is 3.03. The van der Waals surface area contributed by atoms with Crippen LogP contribution in [-0.2, 0) is 17.8 Å². The number of anilines is 2. The van der Waals surface area contributed by atoms with Crippen LogP contribution < -0.4 is 11.1 Å². The third-order valence-corrected chi connectivity index (χ3v) is 5.24. The summed E-state index contributed by atoms with van der Waals surface area (Å²) in [6.07, 6.45) is 3.82. The van der Waals surface area contributed by atoms with Crippen molar-refractivity contribution in [2.75, 3.05) is 11.9 Å². The smallest absolute Gasteiger partial charge is 0.221 e. The predicted molar refractivity (Wildman–Crippen MR) is 110 cm³/mol. The first kappa shape index (κ1) is 18.9. The summed E-state index contributed by atoms with van der Waals surface area (Å²) in [5, 5.41) is 13.1. The fourth-order valence-corrected chi connectivity index (χ4v) is 3.96. The largest absolute Gasteiger partial charge is 0.395 e. The van der Waals surface area contributed by atoms with Gasteiger partial charge in [-0.1, -0.05) is 18.2 Å². The second-order valence-electron chi connectivity index (χ2n) is 7.08. The van der Waals surface area contributed by atoms with Gasteiger partial charge in [-0.3, -0.25) is 14.6 Å². The topological polar surface area (TPSA) is 110 Å². The van der Waals surface area contributed by atoms with E-state index in [0.29, 0.717) is 24.2 Å². The number of hydrogen-bond donors (Lipinski definition) is 3. The van der Waals surface area contributed by atoms with Gasteiger partial charge in [-0.15, -0.1) is 0 Å². The number of para-hydroxylation sites is 1. The van der Waals surface area contributed by atoms with Crippen molar-refractivity contribution < 1.29 is 14.7 Å². The molecule has 0 fully saturated rings. The summed E-state index contributed by atoms with van der Waals surface area (Å²) in [5.41, 5.74) is 9.98. The van der Waals surface area contributed by atoms with E-state index in [-0.39, 0.29) is 18.8 Å². The van der Waals surface area contributed by atoms with Crippen molar-refractivity contribution >= 4 is 23.1 Å². The minimum absolute atomic E-state index is 0.0880. The van der Waals surface area contributed by atoms with Gasteiger partial charge in [0.15, 0.2) is 5.78 Å². The van der Waals surface area contributed by atoms with E-state index >= 15 is 0 Å². The molecule has 4 rings (SSSR count). The van der Waals surface area contributed by atoms with Gasteiger partial charge in [-0.2, -0.15) is 0 Å². The fraction of sp³-hybridized carbons (Fsp3) is 0.227. The average molecular weight is 390 g/mol. The molecule has 0 spiro atoms. The molecule has 2 aromatic heterocycles. The molecule has 1 aliphatic rings. The maximum absolute atomic E-state index is 13.1. The number of rotatable bonds is 6. The second kappa shape index (κ2) is 7.89. The zero-order chi connectivity index (χ0) is 20.4. The monoisotopic (exact) mass is 390 g/mol. The minimum atomic E-state index is -0.544. The zero-order valence-electron chi connectivity index (χ0n) is 15.8. The summed E-state index contributed by atoms with van der Waals surface area (Å²) >= 11 is 0. The van der Waals surface area contributed by atoms with E-state index in [0.717, 1.165) is 22.6 Å². The summed E-state index contributed by atoms with van der Waals surface area (Å²) in [7, 11) is 0. The Bertz CT molecular complexity index is 1040. The molecule has 1 aromatic carbocycles. The Balaban J connectivity index is 1.96. The number of fused-ring (bicyclic) bond motifs is 1. The van der Waals surface area contributed by atoms with Crippen LogP contribution in [0.2, 0.25) is 0 Å². The van der Waals surface area contributed by atoms with Gasteiger partial charge in [-0.05, 0) is 24.3 Å². The first-order chi connectivity index (χ1) is 14.1. The third-order valence-electron chi connectivity index (χ3n) is 5.24. The van der Waals surface area contributed by atoms with E-state index in [1.807, 2.05) is 47.0 Å². The molecule has 1 atom stereocenters. The Morgan fingerprint density at radius 2 is 1.90 bits per heavy atom. The number of carbonyl (C=O) groups excluding carboxylic acids is 2. The Hall–Kier alpha value is -3.45. The van der Waals surface area contributed by atoms with E-state index in [2.05, 4.69) is 10.3 Å². The van der Waals surface area contributed by atoms with Crippen molar-refractivity contribution in [3.05, 3.63) is 66.1 Å². The lowest BCUT2D eigenvalue weighted by Gasteiger charge is -2.21. The van der Waals surface area contributed by atoms with Crippen molar-refractivity contribution in [1.82, 2.24) is 9.55 Å². The highest BCUT2D eigenvalue weighted by Gasteiger charge is 2.36. The predicted octanol–water partition coefficient (Wildman–Crippen LogP) is 2.52. The first-order valence-corrected chi connectivity index (χ1v) is 9.51. The quantitative estimate of drug-likeness (QED) is 0.599. The number of pyridine rings is 1. The summed E-state index contributed by atoms with van der Waals surface area (Å²) < 4.78 is 1.92. The Kier molecular flexibility index (Phi) is 5.14. The number of amides is 1. The van der Waals surface area contributed by atoms with Crippen LogP contribution in [0.5, 0.6) is 0 Å². The Morgan fingerprint density at radius 1 is 1.17 bits per heavy atom. The summed E-state index contributed by atoms with van der Waals surface area (Å²) in [4.78, 5) is 29.0. The van der Waals surface area contributed by atoms with Crippen molar-refractivity contribution in [1.29, 1.82) is 0 Å². The highest BCUT2D eigenvalue weighted by Crippen LogP contribution is 2.42. The molecule has 0 radical (unpaired) electrons. The molecule has 148 valence electrons. The van der Waals surface area contributed by atoms with Gasteiger partial charge < -0.3 is 20.7 Å². The van der Waals surface area contributed by atoms with E-state index in [1.54, 1.807) is 12.4 Å². The molecule has 29 heavy (non-hydrogen) atoms. The number of primary amides is 1. The van der Waals surface area contributed by atoms with Crippen LogP contribution in [0.3, 0.4) is 0 Å². The number of Topliss-reactive ketones (excluding diaryl/α,β-unsaturated/α-hetero) is 1. The number of aliphatic hydroxyl groups excluding tert-OH is 1. The lowest BCUT2D eigenvalue weighted by Crippen LogP contribution is -2.32. The van der Waals surface area contributed by atoms with Crippen LogP contribution >= 0.6 is 0 Å². The first-order valence-electron chi connectivity index (χ1n) is 9.51. The van der Waals surface area contributed by atoms with Gasteiger partial charge in [0.2, 0.25) is 5.91 Å².